The van der Waals surface area contributed by atoms with Gasteiger partial charge < -0.3 is 14.2 Å². The van der Waals surface area contributed by atoms with Crippen molar-refractivity contribution in [3.63, 3.8) is 0 Å². The maximum absolute atomic E-state index is 12.3. The lowest BCUT2D eigenvalue weighted by molar-refractivity contribution is -0.123. The average molecular weight is 552 g/mol. The summed E-state index contributed by atoms with van der Waals surface area (Å²) in [6.07, 6.45) is 1.50. The molecule has 1 N–H and O–H groups in total. The maximum Gasteiger partial charge on any atom is 0.277 e. The van der Waals surface area contributed by atoms with Gasteiger partial charge in [-0.25, -0.2) is 10.4 Å². The number of aromatic nitrogens is 1. The molecule has 1 amide bonds. The maximum atomic E-state index is 12.3. The molecule has 1 aromatic heterocycles. The van der Waals surface area contributed by atoms with Crippen molar-refractivity contribution in [1.29, 1.82) is 0 Å². The summed E-state index contributed by atoms with van der Waals surface area (Å²) in [5, 5.41) is 5.64. The van der Waals surface area contributed by atoms with E-state index < -0.39 is 5.91 Å². The first kappa shape index (κ1) is 26.7. The number of fused-ring (bicyclic) bond motifs is 1. The topological polar surface area (TPSA) is 82.0 Å². The second kappa shape index (κ2) is 12.3. The van der Waals surface area contributed by atoms with Gasteiger partial charge in [-0.1, -0.05) is 41.9 Å². The highest BCUT2D eigenvalue weighted by molar-refractivity contribution is 6.31. The van der Waals surface area contributed by atoms with Crippen LogP contribution in [0.1, 0.15) is 5.56 Å². The number of ether oxygens (including phenoxy) is 3. The number of rotatable bonds is 9. The third-order valence-electron chi connectivity index (χ3n) is 6.21. The lowest BCUT2D eigenvalue weighted by Gasteiger charge is -2.11. The Morgan fingerprint density at radius 3 is 2.40 bits per heavy atom. The summed E-state index contributed by atoms with van der Waals surface area (Å²) < 4.78 is 16.2. The number of carbonyl (C=O) groups excluding carboxylic acids is 1. The molecule has 4 aromatic carbocycles. The lowest BCUT2D eigenvalue weighted by atomic mass is 9.98. The van der Waals surface area contributed by atoms with Crippen LogP contribution in [-0.2, 0) is 4.79 Å². The molecule has 0 radical (unpaired) electrons. The van der Waals surface area contributed by atoms with Crippen molar-refractivity contribution < 1.29 is 19.0 Å². The van der Waals surface area contributed by atoms with Crippen molar-refractivity contribution in [2.75, 3.05) is 20.8 Å². The summed E-state index contributed by atoms with van der Waals surface area (Å²) in [5.41, 5.74) is 7.88. The van der Waals surface area contributed by atoms with Crippen LogP contribution >= 0.6 is 11.6 Å². The van der Waals surface area contributed by atoms with E-state index in [1.165, 1.54) is 6.21 Å². The molecule has 40 heavy (non-hydrogen) atoms. The molecule has 0 saturated carbocycles. The minimum absolute atomic E-state index is 0.191. The average Bonchev–Trinajstić information content (AvgIpc) is 3.00. The fourth-order valence-corrected chi connectivity index (χ4v) is 4.38. The van der Waals surface area contributed by atoms with Crippen LogP contribution in [0.3, 0.4) is 0 Å². The predicted molar refractivity (Wildman–Crippen MR) is 158 cm³/mol. The Morgan fingerprint density at radius 2 is 1.65 bits per heavy atom. The molecule has 7 nitrogen and oxygen atoms in total. The number of nitrogens with zero attached hydrogens (tertiary/aromatic N) is 2. The van der Waals surface area contributed by atoms with Gasteiger partial charge in [0, 0.05) is 27.6 Å². The number of halogens is 1. The van der Waals surface area contributed by atoms with Gasteiger partial charge in [0.05, 0.1) is 31.6 Å². The highest BCUT2D eigenvalue weighted by Crippen LogP contribution is 2.34. The van der Waals surface area contributed by atoms with E-state index >= 15 is 0 Å². The Hall–Kier alpha value is -4.88. The molecule has 0 aliphatic rings. The van der Waals surface area contributed by atoms with Crippen LogP contribution in [0.25, 0.3) is 33.3 Å². The summed E-state index contributed by atoms with van der Waals surface area (Å²) in [7, 11) is 3.13. The Balaban J connectivity index is 1.26. The van der Waals surface area contributed by atoms with E-state index in [1.54, 1.807) is 32.4 Å². The number of hydrogen-bond donors (Lipinski definition) is 1. The molecule has 0 aliphatic heterocycles. The van der Waals surface area contributed by atoms with Crippen LogP contribution in [0, 0.1) is 0 Å². The van der Waals surface area contributed by atoms with E-state index in [4.69, 9.17) is 30.8 Å². The number of nitrogens with one attached hydrogen (secondary N) is 1. The minimum atomic E-state index is -0.393. The van der Waals surface area contributed by atoms with Crippen LogP contribution < -0.4 is 19.6 Å². The monoisotopic (exact) mass is 551 g/mol. The summed E-state index contributed by atoms with van der Waals surface area (Å²) >= 11 is 6.30. The molecule has 0 bridgehead atoms. The van der Waals surface area contributed by atoms with Crippen LogP contribution in [0.5, 0.6) is 17.2 Å². The number of amides is 1. The smallest absolute Gasteiger partial charge is 0.277 e. The number of benzene rings is 4. The van der Waals surface area contributed by atoms with Gasteiger partial charge in [0.2, 0.25) is 0 Å². The van der Waals surface area contributed by atoms with Crippen molar-refractivity contribution in [2.24, 2.45) is 5.10 Å². The second-order valence-corrected chi connectivity index (χ2v) is 9.23. The first-order valence-electron chi connectivity index (χ1n) is 12.5. The molecule has 8 heteroatoms. The molecular formula is C32H26ClN3O4. The third kappa shape index (κ3) is 6.22. The Kier molecular flexibility index (Phi) is 8.23. The van der Waals surface area contributed by atoms with Gasteiger partial charge in [-0.05, 0) is 71.8 Å². The van der Waals surface area contributed by atoms with E-state index in [9.17, 15) is 4.79 Å². The molecule has 0 spiro atoms. The van der Waals surface area contributed by atoms with E-state index in [2.05, 4.69) is 28.7 Å². The summed E-state index contributed by atoms with van der Waals surface area (Å²) in [5.74, 6) is 1.40. The fourth-order valence-electron chi connectivity index (χ4n) is 4.20. The molecule has 0 atom stereocenters. The number of hydrogen-bond acceptors (Lipinski definition) is 6. The van der Waals surface area contributed by atoms with Crippen molar-refractivity contribution in [3.8, 4) is 39.6 Å². The first-order chi connectivity index (χ1) is 19.5. The number of methoxy groups -OCH3 is 2. The van der Waals surface area contributed by atoms with Gasteiger partial charge in [-0.2, -0.15) is 5.10 Å². The minimum Gasteiger partial charge on any atom is -0.497 e. The lowest BCUT2D eigenvalue weighted by Crippen LogP contribution is -2.24. The van der Waals surface area contributed by atoms with Gasteiger partial charge >= 0.3 is 0 Å². The summed E-state index contributed by atoms with van der Waals surface area (Å²) in [6.45, 7) is -0.191. The molecule has 1 heterocycles. The molecule has 0 fully saturated rings. The van der Waals surface area contributed by atoms with Crippen molar-refractivity contribution in [3.05, 3.63) is 108 Å². The highest BCUT2D eigenvalue weighted by atomic mass is 35.5. The van der Waals surface area contributed by atoms with E-state index in [0.717, 1.165) is 33.3 Å². The Morgan fingerprint density at radius 1 is 0.875 bits per heavy atom. The summed E-state index contributed by atoms with van der Waals surface area (Å²) in [6, 6.07) is 30.7. The highest BCUT2D eigenvalue weighted by Gasteiger charge is 2.11. The number of carbonyl (C=O) groups is 1. The molecule has 200 valence electrons. The van der Waals surface area contributed by atoms with Gasteiger partial charge in [0.1, 0.15) is 17.2 Å². The third-order valence-corrected chi connectivity index (χ3v) is 6.44. The SMILES string of the molecule is COc1ccc(/C=N/NC(=O)COc2ccc(-c3cc(-c4ccccc4)c4cc(Cl)ccc4n3)cc2)c(OC)c1. The Bertz CT molecular complexity index is 1670. The van der Waals surface area contributed by atoms with Gasteiger partial charge in [0.25, 0.3) is 5.91 Å². The molecule has 0 saturated heterocycles. The van der Waals surface area contributed by atoms with E-state index in [0.29, 0.717) is 27.8 Å². The van der Waals surface area contributed by atoms with Gasteiger partial charge in [-0.3, -0.25) is 4.79 Å². The summed E-state index contributed by atoms with van der Waals surface area (Å²) in [4.78, 5) is 17.1. The van der Waals surface area contributed by atoms with Crippen LogP contribution in [0.4, 0.5) is 0 Å². The normalized spacial score (nSPS) is 11.0. The van der Waals surface area contributed by atoms with Crippen molar-refractivity contribution >= 4 is 34.6 Å². The second-order valence-electron chi connectivity index (χ2n) is 8.80. The zero-order chi connectivity index (χ0) is 27.9. The molecule has 5 rings (SSSR count). The first-order valence-corrected chi connectivity index (χ1v) is 12.8. The van der Waals surface area contributed by atoms with Crippen molar-refractivity contribution in [2.45, 2.75) is 0 Å². The standard InChI is InChI=1S/C32H26ClN3O4/c1-38-26-14-10-23(31(17-26)39-2)19-34-36-32(37)20-40-25-12-8-22(9-13-25)30-18-27(21-6-4-3-5-7-21)28-16-24(33)11-15-29(28)35-30/h3-19H,20H2,1-2H3,(H,36,37)/b34-19+. The Labute approximate surface area is 237 Å². The number of hydrazone groups is 1. The number of pyridine rings is 1. The van der Waals surface area contributed by atoms with Gasteiger partial charge in [-0.15, -0.1) is 0 Å². The van der Waals surface area contributed by atoms with E-state index in [-0.39, 0.29) is 6.61 Å². The fraction of sp³-hybridized carbons (Fsp3) is 0.0938. The van der Waals surface area contributed by atoms with E-state index in [1.807, 2.05) is 60.7 Å². The van der Waals surface area contributed by atoms with Crippen LogP contribution in [0.2, 0.25) is 5.02 Å². The van der Waals surface area contributed by atoms with Crippen molar-refractivity contribution in [1.82, 2.24) is 10.4 Å². The molecule has 0 unspecified atom stereocenters. The molecule has 0 aliphatic carbocycles. The largest absolute Gasteiger partial charge is 0.497 e. The zero-order valence-electron chi connectivity index (χ0n) is 21.9. The van der Waals surface area contributed by atoms with Crippen LogP contribution in [0.15, 0.2) is 102 Å². The molecule has 5 aromatic rings. The van der Waals surface area contributed by atoms with Gasteiger partial charge in [0.15, 0.2) is 6.61 Å². The quantitative estimate of drug-likeness (QED) is 0.161. The predicted octanol–water partition coefficient (Wildman–Crippen LogP) is 6.77. The van der Waals surface area contributed by atoms with Crippen LogP contribution in [-0.4, -0.2) is 37.9 Å². The zero-order valence-corrected chi connectivity index (χ0v) is 22.7. The molecular weight excluding hydrogens is 526 g/mol.